The van der Waals surface area contributed by atoms with Crippen LogP contribution < -0.4 is 10.9 Å². The van der Waals surface area contributed by atoms with Crippen LogP contribution in [0.3, 0.4) is 0 Å². The number of aryl methyl sites for hydroxylation is 1. The number of nitrogens with one attached hydrogen (secondary N) is 1. The number of methoxy groups -OCH3 is 1. The largest absolute Gasteiger partial charge is 0.469 e. The number of Topliss-reactive ketones (excluding diaryl/α,β-unsaturated/α-hetero) is 1. The standard InChI is InChI=1S/C30H30ClFN2O5/c1-34-17-20(10-14-28(34)36)27(35)16-24(22-5-3-4-6-25(22)31)19-9-13-23(26(32)15-19)29(37)33-21-11-7-18(8-12-21)30(38)39-2/h3-6,9-10,13-15,17-18,21,24H,7-8,11-12,16H2,1-2H3,(H,33,37). The molecule has 3 aromatic rings. The van der Waals surface area contributed by atoms with Gasteiger partial charge in [0.05, 0.1) is 18.6 Å². The van der Waals surface area contributed by atoms with Crippen molar-refractivity contribution in [2.75, 3.05) is 7.11 Å². The van der Waals surface area contributed by atoms with Crippen molar-refractivity contribution in [1.29, 1.82) is 0 Å². The lowest BCUT2D eigenvalue weighted by molar-refractivity contribution is -0.146. The maximum absolute atomic E-state index is 15.3. The first-order valence-corrected chi connectivity index (χ1v) is 13.2. The van der Waals surface area contributed by atoms with Crippen molar-refractivity contribution in [3.05, 3.63) is 104 Å². The Morgan fingerprint density at radius 1 is 1.08 bits per heavy atom. The normalized spacial score (nSPS) is 17.7. The van der Waals surface area contributed by atoms with Gasteiger partial charge >= 0.3 is 5.97 Å². The highest BCUT2D eigenvalue weighted by Gasteiger charge is 2.29. The molecule has 1 amide bonds. The second kappa shape index (κ2) is 12.4. The monoisotopic (exact) mass is 552 g/mol. The number of halogens is 2. The Bertz CT molecular complexity index is 1450. The summed E-state index contributed by atoms with van der Waals surface area (Å²) in [7, 11) is 2.93. The number of hydrogen-bond donors (Lipinski definition) is 1. The van der Waals surface area contributed by atoms with E-state index in [1.807, 2.05) is 0 Å². The first-order chi connectivity index (χ1) is 18.7. The van der Waals surface area contributed by atoms with Crippen LogP contribution in [0, 0.1) is 11.7 Å². The van der Waals surface area contributed by atoms with Gasteiger partial charge in [0.15, 0.2) is 5.78 Å². The second-order valence-electron chi connectivity index (χ2n) is 9.85. The number of carbonyl (C=O) groups excluding carboxylic acids is 3. The van der Waals surface area contributed by atoms with Crippen molar-refractivity contribution >= 4 is 29.3 Å². The van der Waals surface area contributed by atoms with E-state index in [0.717, 1.165) is 0 Å². The van der Waals surface area contributed by atoms with Gasteiger partial charge in [-0.3, -0.25) is 19.2 Å². The molecule has 9 heteroatoms. The molecule has 4 rings (SSSR count). The third-order valence-corrected chi connectivity index (χ3v) is 7.66. The molecule has 1 aliphatic rings. The lowest BCUT2D eigenvalue weighted by Gasteiger charge is -2.27. The molecule has 1 saturated carbocycles. The Balaban J connectivity index is 1.54. The van der Waals surface area contributed by atoms with Crippen LogP contribution in [0.4, 0.5) is 4.39 Å². The van der Waals surface area contributed by atoms with E-state index >= 15 is 4.39 Å². The molecule has 0 bridgehead atoms. The zero-order valence-corrected chi connectivity index (χ0v) is 22.5. The number of nitrogens with zero attached hydrogens (tertiary/aromatic N) is 1. The minimum atomic E-state index is -0.708. The maximum atomic E-state index is 15.3. The molecule has 1 fully saturated rings. The number of carbonyl (C=O) groups is 3. The van der Waals surface area contributed by atoms with Crippen molar-refractivity contribution in [3.8, 4) is 0 Å². The van der Waals surface area contributed by atoms with E-state index in [1.54, 1.807) is 37.4 Å². The van der Waals surface area contributed by atoms with Crippen LogP contribution in [-0.2, 0) is 16.6 Å². The fourth-order valence-corrected chi connectivity index (χ4v) is 5.33. The van der Waals surface area contributed by atoms with Crippen LogP contribution in [0.2, 0.25) is 5.02 Å². The van der Waals surface area contributed by atoms with Crippen LogP contribution in [0.5, 0.6) is 0 Å². The molecule has 39 heavy (non-hydrogen) atoms. The molecule has 0 radical (unpaired) electrons. The van der Waals surface area contributed by atoms with E-state index in [1.165, 1.54) is 42.1 Å². The summed E-state index contributed by atoms with van der Waals surface area (Å²) in [6.45, 7) is 0. The van der Waals surface area contributed by atoms with Gasteiger partial charge in [0.25, 0.3) is 5.91 Å². The van der Waals surface area contributed by atoms with Crippen molar-refractivity contribution in [2.24, 2.45) is 13.0 Å². The molecular weight excluding hydrogens is 523 g/mol. The predicted molar refractivity (Wildman–Crippen MR) is 146 cm³/mol. The molecule has 1 heterocycles. The van der Waals surface area contributed by atoms with E-state index < -0.39 is 17.6 Å². The molecule has 1 atom stereocenters. The van der Waals surface area contributed by atoms with Crippen LogP contribution in [-0.4, -0.2) is 35.4 Å². The summed E-state index contributed by atoms with van der Waals surface area (Å²) in [6.07, 6.45) is 3.86. The molecule has 1 N–H and O–H groups in total. The Morgan fingerprint density at radius 2 is 1.79 bits per heavy atom. The molecular formula is C30H30ClFN2O5. The molecule has 1 unspecified atom stereocenters. The van der Waals surface area contributed by atoms with E-state index in [4.69, 9.17) is 16.3 Å². The van der Waals surface area contributed by atoms with Gasteiger partial charge in [-0.2, -0.15) is 0 Å². The smallest absolute Gasteiger partial charge is 0.308 e. The molecule has 2 aromatic carbocycles. The molecule has 0 saturated heterocycles. The minimum Gasteiger partial charge on any atom is -0.469 e. The highest BCUT2D eigenvalue weighted by Crippen LogP contribution is 2.35. The number of hydrogen-bond acceptors (Lipinski definition) is 5. The maximum Gasteiger partial charge on any atom is 0.308 e. The third kappa shape index (κ3) is 6.63. The Labute approximate surface area is 230 Å². The SMILES string of the molecule is COC(=O)C1CCC(NC(=O)c2ccc(C(CC(=O)c3ccc(=O)n(C)c3)c3ccccc3Cl)cc2F)CC1. The lowest BCUT2D eigenvalue weighted by Crippen LogP contribution is -2.39. The topological polar surface area (TPSA) is 94.5 Å². The number of amides is 1. The van der Waals surface area contributed by atoms with Crippen LogP contribution in [0.1, 0.15) is 69.9 Å². The average molecular weight is 553 g/mol. The van der Waals surface area contributed by atoms with E-state index in [0.29, 0.717) is 47.4 Å². The lowest BCUT2D eigenvalue weighted by atomic mass is 9.85. The molecule has 0 spiro atoms. The summed E-state index contributed by atoms with van der Waals surface area (Å²) in [5.74, 6) is -2.48. The van der Waals surface area contributed by atoms with Gasteiger partial charge in [0, 0.05) is 48.3 Å². The summed E-state index contributed by atoms with van der Waals surface area (Å²) in [4.78, 5) is 49.6. The molecule has 7 nitrogen and oxygen atoms in total. The summed E-state index contributed by atoms with van der Waals surface area (Å²) in [5, 5.41) is 3.30. The Morgan fingerprint density at radius 3 is 2.44 bits per heavy atom. The number of esters is 1. The number of pyridine rings is 1. The Kier molecular flexibility index (Phi) is 8.97. The van der Waals surface area contributed by atoms with Crippen molar-refractivity contribution in [3.63, 3.8) is 0 Å². The molecule has 0 aliphatic heterocycles. The quantitative estimate of drug-likeness (QED) is 0.312. The highest BCUT2D eigenvalue weighted by molar-refractivity contribution is 6.31. The van der Waals surface area contributed by atoms with E-state index in [-0.39, 0.29) is 41.3 Å². The second-order valence-corrected chi connectivity index (χ2v) is 10.3. The van der Waals surface area contributed by atoms with Crippen LogP contribution in [0.25, 0.3) is 0 Å². The molecule has 204 valence electrons. The number of ether oxygens (including phenoxy) is 1. The van der Waals surface area contributed by atoms with Gasteiger partial charge in [-0.05, 0) is 61.1 Å². The summed E-state index contributed by atoms with van der Waals surface area (Å²) in [5.41, 5.74) is 1.16. The zero-order chi connectivity index (χ0) is 28.1. The van der Waals surface area contributed by atoms with Gasteiger partial charge in [0.1, 0.15) is 5.82 Å². The first-order valence-electron chi connectivity index (χ1n) is 12.8. The molecule has 1 aliphatic carbocycles. The summed E-state index contributed by atoms with van der Waals surface area (Å²) in [6, 6.07) is 14.0. The Hall–Kier alpha value is -3.78. The minimum absolute atomic E-state index is 0.0175. The van der Waals surface area contributed by atoms with Crippen molar-refractivity contribution in [2.45, 2.75) is 44.1 Å². The average Bonchev–Trinajstić information content (AvgIpc) is 2.93. The highest BCUT2D eigenvalue weighted by atomic mass is 35.5. The first kappa shape index (κ1) is 28.2. The fourth-order valence-electron chi connectivity index (χ4n) is 5.06. The third-order valence-electron chi connectivity index (χ3n) is 7.32. The summed E-state index contributed by atoms with van der Waals surface area (Å²) >= 11 is 6.47. The van der Waals surface area contributed by atoms with Gasteiger partial charge in [0.2, 0.25) is 5.56 Å². The number of benzene rings is 2. The van der Waals surface area contributed by atoms with E-state index in [9.17, 15) is 19.2 Å². The van der Waals surface area contributed by atoms with Gasteiger partial charge in [-0.15, -0.1) is 0 Å². The van der Waals surface area contributed by atoms with Crippen molar-refractivity contribution < 1.29 is 23.5 Å². The number of rotatable bonds is 8. The van der Waals surface area contributed by atoms with Gasteiger partial charge < -0.3 is 14.6 Å². The number of ketones is 1. The fraction of sp³-hybridized carbons (Fsp3) is 0.333. The van der Waals surface area contributed by atoms with Gasteiger partial charge in [-0.25, -0.2) is 4.39 Å². The van der Waals surface area contributed by atoms with Crippen molar-refractivity contribution in [1.82, 2.24) is 9.88 Å². The zero-order valence-electron chi connectivity index (χ0n) is 21.8. The summed E-state index contributed by atoms with van der Waals surface area (Å²) < 4.78 is 21.5. The van der Waals surface area contributed by atoms with Crippen LogP contribution in [0.15, 0.2) is 65.6 Å². The predicted octanol–water partition coefficient (Wildman–Crippen LogP) is 5.04. The molecule has 1 aromatic heterocycles. The van der Waals surface area contributed by atoms with E-state index in [2.05, 4.69) is 5.32 Å². The number of aromatic nitrogens is 1. The van der Waals surface area contributed by atoms with Crippen LogP contribution >= 0.6 is 11.6 Å². The van der Waals surface area contributed by atoms with Gasteiger partial charge in [-0.1, -0.05) is 35.9 Å².